The lowest BCUT2D eigenvalue weighted by Gasteiger charge is -2.10. The van der Waals surface area contributed by atoms with E-state index in [1.54, 1.807) is 12.1 Å². The molecular weight excluding hydrogens is 255 g/mol. The van der Waals surface area contributed by atoms with Crippen molar-refractivity contribution >= 4 is 24.0 Å². The van der Waals surface area contributed by atoms with Crippen LogP contribution in [0.2, 0.25) is 0 Å². The number of hydrogen-bond donors (Lipinski definition) is 2. The Bertz CT molecular complexity index is 419. The zero-order valence-electron chi connectivity index (χ0n) is 10.3. The van der Waals surface area contributed by atoms with Crippen molar-refractivity contribution in [2.45, 2.75) is 19.8 Å². The van der Waals surface area contributed by atoms with E-state index in [9.17, 15) is 9.18 Å². The normalized spacial score (nSPS) is 18.2. The summed E-state index contributed by atoms with van der Waals surface area (Å²) < 4.78 is 13.4. The van der Waals surface area contributed by atoms with E-state index in [2.05, 4.69) is 10.6 Å². The van der Waals surface area contributed by atoms with Gasteiger partial charge in [0.1, 0.15) is 5.82 Å². The fourth-order valence-electron chi connectivity index (χ4n) is 2.09. The number of carbonyl (C=O) groups excluding carboxylic acids is 1. The lowest BCUT2D eigenvalue weighted by molar-refractivity contribution is -0.117. The molecule has 1 saturated heterocycles. The molecule has 2 N–H and O–H groups in total. The first-order valence-corrected chi connectivity index (χ1v) is 5.92. The second-order valence-electron chi connectivity index (χ2n) is 4.59. The van der Waals surface area contributed by atoms with E-state index in [4.69, 9.17) is 0 Å². The van der Waals surface area contributed by atoms with Gasteiger partial charge in [0.2, 0.25) is 5.91 Å². The number of rotatable bonds is 3. The molecule has 5 heteroatoms. The van der Waals surface area contributed by atoms with Gasteiger partial charge in [-0.1, -0.05) is 6.07 Å². The highest BCUT2D eigenvalue weighted by molar-refractivity contribution is 5.91. The number of anilines is 1. The Hall–Kier alpha value is -1.13. The summed E-state index contributed by atoms with van der Waals surface area (Å²) in [7, 11) is 0. The second-order valence-corrected chi connectivity index (χ2v) is 4.59. The van der Waals surface area contributed by atoms with Crippen LogP contribution in [-0.2, 0) is 4.79 Å². The lowest BCUT2D eigenvalue weighted by atomic mass is 10.0. The Labute approximate surface area is 113 Å². The quantitative estimate of drug-likeness (QED) is 0.888. The number of benzene rings is 1. The first kappa shape index (κ1) is 14.9. The number of hydrogen-bond acceptors (Lipinski definition) is 2. The van der Waals surface area contributed by atoms with Crippen molar-refractivity contribution in [3.8, 4) is 0 Å². The van der Waals surface area contributed by atoms with Gasteiger partial charge >= 0.3 is 0 Å². The molecule has 0 bridgehead atoms. The van der Waals surface area contributed by atoms with E-state index in [1.165, 1.54) is 6.07 Å². The Balaban J connectivity index is 0.00000162. The van der Waals surface area contributed by atoms with Crippen molar-refractivity contribution < 1.29 is 9.18 Å². The second kappa shape index (κ2) is 6.71. The zero-order chi connectivity index (χ0) is 12.3. The molecule has 3 nitrogen and oxygen atoms in total. The smallest absolute Gasteiger partial charge is 0.224 e. The highest BCUT2D eigenvalue weighted by Gasteiger charge is 2.18. The third-order valence-electron chi connectivity index (χ3n) is 3.03. The van der Waals surface area contributed by atoms with E-state index >= 15 is 0 Å². The van der Waals surface area contributed by atoms with Crippen LogP contribution in [0, 0.1) is 18.7 Å². The minimum Gasteiger partial charge on any atom is -0.324 e. The summed E-state index contributed by atoms with van der Waals surface area (Å²) in [6.07, 6.45) is 1.48. The molecule has 0 saturated carbocycles. The van der Waals surface area contributed by atoms with Crippen LogP contribution >= 0.6 is 12.4 Å². The average Bonchev–Trinajstić information content (AvgIpc) is 2.76. The number of halogens is 2. The summed E-state index contributed by atoms with van der Waals surface area (Å²) in [4.78, 5) is 11.7. The van der Waals surface area contributed by atoms with Crippen LogP contribution in [-0.4, -0.2) is 19.0 Å². The summed E-state index contributed by atoms with van der Waals surface area (Å²) in [5, 5.41) is 5.84. The molecule has 0 radical (unpaired) electrons. The highest BCUT2D eigenvalue weighted by Crippen LogP contribution is 2.18. The third kappa shape index (κ3) is 3.96. The monoisotopic (exact) mass is 272 g/mol. The molecule has 1 aromatic rings. The van der Waals surface area contributed by atoms with E-state index in [0.717, 1.165) is 25.1 Å². The van der Waals surface area contributed by atoms with Gasteiger partial charge in [0.15, 0.2) is 0 Å². The van der Waals surface area contributed by atoms with E-state index in [1.807, 2.05) is 6.92 Å². The van der Waals surface area contributed by atoms with Crippen molar-refractivity contribution in [1.29, 1.82) is 0 Å². The summed E-state index contributed by atoms with van der Waals surface area (Å²) in [5.74, 6) is -0.112. The Morgan fingerprint density at radius 2 is 2.33 bits per heavy atom. The van der Waals surface area contributed by atoms with Crippen LogP contribution in [0.25, 0.3) is 0 Å². The maximum atomic E-state index is 13.4. The van der Waals surface area contributed by atoms with Crippen LogP contribution in [0.3, 0.4) is 0 Å². The first-order valence-electron chi connectivity index (χ1n) is 5.92. The fourth-order valence-corrected chi connectivity index (χ4v) is 2.09. The van der Waals surface area contributed by atoms with Gasteiger partial charge in [-0.2, -0.15) is 0 Å². The summed E-state index contributed by atoms with van der Waals surface area (Å²) in [5.41, 5.74) is 1.21. The minimum absolute atomic E-state index is 0. The van der Waals surface area contributed by atoms with Gasteiger partial charge in [-0.05, 0) is 50.0 Å². The fraction of sp³-hybridized carbons (Fsp3) is 0.462. The van der Waals surface area contributed by atoms with Crippen LogP contribution in [0.1, 0.15) is 18.4 Å². The van der Waals surface area contributed by atoms with Crippen LogP contribution in [0.5, 0.6) is 0 Å². The summed E-state index contributed by atoms with van der Waals surface area (Å²) in [6, 6.07) is 4.72. The standard InChI is InChI=1S/C13H17FN2O.ClH/c1-9-2-3-11(14)12(6-9)16-13(17)7-10-4-5-15-8-10;/h2-3,6,10,15H,4-5,7-8H2,1H3,(H,16,17);1H. The molecule has 1 aliphatic heterocycles. The Morgan fingerprint density at radius 1 is 1.56 bits per heavy atom. The summed E-state index contributed by atoms with van der Waals surface area (Å²) >= 11 is 0. The van der Waals surface area contributed by atoms with Gasteiger partial charge in [0.05, 0.1) is 5.69 Å². The average molecular weight is 273 g/mol. The number of amides is 1. The van der Waals surface area contributed by atoms with Crippen molar-refractivity contribution in [1.82, 2.24) is 5.32 Å². The van der Waals surface area contributed by atoms with Crippen LogP contribution < -0.4 is 10.6 Å². The largest absolute Gasteiger partial charge is 0.324 e. The van der Waals surface area contributed by atoms with E-state index in [0.29, 0.717) is 12.3 Å². The first-order chi connectivity index (χ1) is 8.15. The maximum Gasteiger partial charge on any atom is 0.224 e. The lowest BCUT2D eigenvalue weighted by Crippen LogP contribution is -2.18. The molecule has 100 valence electrons. The Kier molecular flexibility index (Phi) is 5.56. The molecule has 1 unspecified atom stereocenters. The molecule has 0 aliphatic carbocycles. The topological polar surface area (TPSA) is 41.1 Å². The molecule has 2 rings (SSSR count). The van der Waals surface area contributed by atoms with Gasteiger partial charge in [0, 0.05) is 6.42 Å². The van der Waals surface area contributed by atoms with Crippen molar-refractivity contribution in [3.05, 3.63) is 29.6 Å². The molecule has 1 heterocycles. The maximum absolute atomic E-state index is 13.4. The molecule has 1 fully saturated rings. The summed E-state index contributed by atoms with van der Waals surface area (Å²) in [6.45, 7) is 3.72. The number of aryl methyl sites for hydroxylation is 1. The molecule has 0 aromatic heterocycles. The molecule has 0 spiro atoms. The van der Waals surface area contributed by atoms with Gasteiger partial charge in [-0.15, -0.1) is 12.4 Å². The molecular formula is C13H18ClFN2O. The highest BCUT2D eigenvalue weighted by atomic mass is 35.5. The van der Waals surface area contributed by atoms with Crippen LogP contribution in [0.4, 0.5) is 10.1 Å². The predicted octanol–water partition coefficient (Wildman–Crippen LogP) is 2.49. The van der Waals surface area contributed by atoms with Gasteiger partial charge in [-0.3, -0.25) is 4.79 Å². The zero-order valence-corrected chi connectivity index (χ0v) is 11.1. The molecule has 18 heavy (non-hydrogen) atoms. The van der Waals surface area contributed by atoms with Crippen molar-refractivity contribution in [2.24, 2.45) is 5.92 Å². The van der Waals surface area contributed by atoms with Crippen LogP contribution in [0.15, 0.2) is 18.2 Å². The molecule has 1 atom stereocenters. The molecule has 1 amide bonds. The Morgan fingerprint density at radius 3 is 3.00 bits per heavy atom. The van der Waals surface area contributed by atoms with Gasteiger partial charge in [0.25, 0.3) is 0 Å². The molecule has 1 aliphatic rings. The third-order valence-corrected chi connectivity index (χ3v) is 3.03. The minimum atomic E-state index is -0.381. The number of carbonyl (C=O) groups is 1. The predicted molar refractivity (Wildman–Crippen MR) is 72.6 cm³/mol. The molecule has 1 aromatic carbocycles. The number of nitrogens with one attached hydrogen (secondary N) is 2. The van der Waals surface area contributed by atoms with Gasteiger partial charge < -0.3 is 10.6 Å². The van der Waals surface area contributed by atoms with Gasteiger partial charge in [-0.25, -0.2) is 4.39 Å². The SMILES string of the molecule is Cc1ccc(F)c(NC(=O)CC2CCNC2)c1.Cl. The van der Waals surface area contributed by atoms with E-state index < -0.39 is 0 Å². The van der Waals surface area contributed by atoms with Crippen molar-refractivity contribution in [2.75, 3.05) is 18.4 Å². The van der Waals surface area contributed by atoms with E-state index in [-0.39, 0.29) is 29.8 Å². The van der Waals surface area contributed by atoms with Crippen molar-refractivity contribution in [3.63, 3.8) is 0 Å².